The van der Waals surface area contributed by atoms with E-state index in [9.17, 15) is 34.6 Å². The molecule has 11 heteroatoms. The number of para-hydroxylation sites is 1. The molecule has 146 valence electrons. The van der Waals surface area contributed by atoms with E-state index in [1.165, 1.54) is 36.4 Å². The van der Waals surface area contributed by atoms with Gasteiger partial charge in [0.15, 0.2) is 5.78 Å². The van der Waals surface area contributed by atoms with Crippen LogP contribution in [0.2, 0.25) is 0 Å². The van der Waals surface area contributed by atoms with Gasteiger partial charge in [0.25, 0.3) is 22.5 Å². The van der Waals surface area contributed by atoms with Gasteiger partial charge in [-0.1, -0.05) is 12.1 Å². The summed E-state index contributed by atoms with van der Waals surface area (Å²) in [5.41, 5.74) is -0.150. The van der Waals surface area contributed by atoms with Gasteiger partial charge in [-0.2, -0.15) is 0 Å². The third-order valence-electron chi connectivity index (χ3n) is 4.00. The van der Waals surface area contributed by atoms with E-state index in [1.807, 2.05) is 0 Å². The van der Waals surface area contributed by atoms with E-state index >= 15 is 0 Å². The van der Waals surface area contributed by atoms with E-state index in [0.717, 1.165) is 17.0 Å². The second kappa shape index (κ2) is 8.02. The molecule has 0 saturated carbocycles. The molecular formula is C18H11N3O7S. The molecule has 3 rings (SSSR count). The van der Waals surface area contributed by atoms with Crippen LogP contribution in [-0.2, 0) is 4.79 Å². The Kier molecular flexibility index (Phi) is 5.50. The van der Waals surface area contributed by atoms with Crippen molar-refractivity contribution in [1.29, 1.82) is 0 Å². The summed E-state index contributed by atoms with van der Waals surface area (Å²) in [6, 6.07) is 10.5. The Morgan fingerprint density at radius 2 is 1.66 bits per heavy atom. The van der Waals surface area contributed by atoms with Crippen molar-refractivity contribution in [3.05, 3.63) is 84.8 Å². The lowest BCUT2D eigenvalue weighted by Gasteiger charge is -2.11. The van der Waals surface area contributed by atoms with Crippen molar-refractivity contribution < 1.29 is 24.2 Å². The van der Waals surface area contributed by atoms with Gasteiger partial charge in [-0.3, -0.25) is 39.5 Å². The Bertz CT molecular complexity index is 1080. The third-order valence-corrected chi connectivity index (χ3v) is 4.90. The number of hydrogen-bond acceptors (Lipinski definition) is 8. The molecule has 0 aliphatic carbocycles. The van der Waals surface area contributed by atoms with Gasteiger partial charge in [-0.05, 0) is 36.0 Å². The van der Waals surface area contributed by atoms with Crippen LogP contribution < -0.4 is 0 Å². The fraction of sp³-hybridized carbons (Fsp3) is 0.0556. The highest BCUT2D eigenvalue weighted by atomic mass is 32.2. The van der Waals surface area contributed by atoms with Gasteiger partial charge in [-0.15, -0.1) is 0 Å². The van der Waals surface area contributed by atoms with Crippen molar-refractivity contribution in [2.24, 2.45) is 0 Å². The molecule has 1 saturated heterocycles. The third kappa shape index (κ3) is 4.19. The van der Waals surface area contributed by atoms with E-state index in [4.69, 9.17) is 0 Å². The number of amides is 2. The maximum atomic E-state index is 12.5. The Labute approximate surface area is 167 Å². The number of non-ortho nitro benzene ring substituents is 1. The highest BCUT2D eigenvalue weighted by molar-refractivity contribution is 8.18. The van der Waals surface area contributed by atoms with E-state index in [-0.39, 0.29) is 27.4 Å². The number of carbonyl (C=O) groups is 3. The number of nitro groups is 2. The van der Waals surface area contributed by atoms with Crippen LogP contribution in [0.4, 0.5) is 16.2 Å². The molecule has 1 aliphatic rings. The zero-order chi connectivity index (χ0) is 21.1. The number of Topliss-reactive ketones (excluding diaryl/α,β-unsaturated/α-hetero) is 1. The van der Waals surface area contributed by atoms with Crippen molar-refractivity contribution in [2.75, 3.05) is 6.54 Å². The summed E-state index contributed by atoms with van der Waals surface area (Å²) in [6.07, 6.45) is 1.24. The number of rotatable bonds is 6. The van der Waals surface area contributed by atoms with Gasteiger partial charge in [0.2, 0.25) is 0 Å². The van der Waals surface area contributed by atoms with Crippen LogP contribution in [0.1, 0.15) is 15.9 Å². The molecule has 0 atom stereocenters. The first kappa shape index (κ1) is 19.9. The first-order valence-corrected chi connectivity index (χ1v) is 8.86. The second-order valence-electron chi connectivity index (χ2n) is 5.81. The minimum Gasteiger partial charge on any atom is -0.292 e. The summed E-state index contributed by atoms with van der Waals surface area (Å²) in [7, 11) is 0. The molecule has 0 radical (unpaired) electrons. The summed E-state index contributed by atoms with van der Waals surface area (Å²) in [4.78, 5) is 58.3. The Hall–Kier alpha value is -3.86. The van der Waals surface area contributed by atoms with Crippen molar-refractivity contribution >= 4 is 46.1 Å². The lowest BCUT2D eigenvalue weighted by atomic mass is 10.1. The molecule has 1 heterocycles. The molecule has 0 bridgehead atoms. The number of nitro benzene ring substituents is 2. The summed E-state index contributed by atoms with van der Waals surface area (Å²) in [5, 5.41) is 21.1. The van der Waals surface area contributed by atoms with Gasteiger partial charge < -0.3 is 0 Å². The zero-order valence-corrected chi connectivity index (χ0v) is 15.3. The summed E-state index contributed by atoms with van der Waals surface area (Å²) >= 11 is 0.575. The van der Waals surface area contributed by atoms with Crippen LogP contribution in [0.5, 0.6) is 0 Å². The Morgan fingerprint density at radius 3 is 2.28 bits per heavy atom. The van der Waals surface area contributed by atoms with Gasteiger partial charge in [0.05, 0.1) is 26.9 Å². The largest absolute Gasteiger partial charge is 0.293 e. The first-order valence-electron chi connectivity index (χ1n) is 8.04. The molecule has 0 spiro atoms. The van der Waals surface area contributed by atoms with Gasteiger partial charge in [-0.25, -0.2) is 0 Å². The summed E-state index contributed by atoms with van der Waals surface area (Å²) in [6.45, 7) is -0.545. The second-order valence-corrected chi connectivity index (χ2v) is 6.80. The fourth-order valence-electron chi connectivity index (χ4n) is 2.56. The molecule has 0 N–H and O–H groups in total. The molecule has 1 fully saturated rings. The monoisotopic (exact) mass is 413 g/mol. The van der Waals surface area contributed by atoms with E-state index in [2.05, 4.69) is 0 Å². The first-order chi connectivity index (χ1) is 13.8. The maximum absolute atomic E-state index is 12.5. The Balaban J connectivity index is 1.80. The average Bonchev–Trinajstić information content (AvgIpc) is 2.95. The van der Waals surface area contributed by atoms with Gasteiger partial charge >= 0.3 is 0 Å². The van der Waals surface area contributed by atoms with Crippen molar-refractivity contribution in [3.8, 4) is 0 Å². The predicted molar refractivity (Wildman–Crippen MR) is 103 cm³/mol. The molecule has 0 unspecified atom stereocenters. The number of ketones is 1. The summed E-state index contributed by atoms with van der Waals surface area (Å²) < 4.78 is 0. The lowest BCUT2D eigenvalue weighted by Crippen LogP contribution is -2.33. The molecule has 0 aromatic heterocycles. The van der Waals surface area contributed by atoms with Crippen LogP contribution >= 0.6 is 11.8 Å². The highest BCUT2D eigenvalue weighted by Crippen LogP contribution is 2.34. The van der Waals surface area contributed by atoms with Crippen LogP contribution in [-0.4, -0.2) is 38.2 Å². The van der Waals surface area contributed by atoms with Crippen LogP contribution in [0, 0.1) is 20.2 Å². The fourth-order valence-corrected chi connectivity index (χ4v) is 3.39. The number of nitrogens with zero attached hydrogens (tertiary/aromatic N) is 3. The molecule has 10 nitrogen and oxygen atoms in total. The quantitative estimate of drug-likeness (QED) is 0.303. The number of carbonyl (C=O) groups excluding carboxylic acids is 3. The standard InChI is InChI=1S/C18H11N3O7S/c22-15(11-5-7-13(8-6-11)20(25)26)10-19-17(23)16(29-18(19)24)9-12-3-1-2-4-14(12)21(27)28/h1-9H,10H2/b16-9+. The highest BCUT2D eigenvalue weighted by Gasteiger charge is 2.36. The average molecular weight is 413 g/mol. The number of hydrogen-bond donors (Lipinski definition) is 0. The number of benzene rings is 2. The molecule has 29 heavy (non-hydrogen) atoms. The smallest absolute Gasteiger partial charge is 0.292 e. The Morgan fingerprint density at radius 1 is 1.00 bits per heavy atom. The van der Waals surface area contributed by atoms with E-state index < -0.39 is 33.3 Å². The van der Waals surface area contributed by atoms with Crippen LogP contribution in [0.15, 0.2) is 53.4 Å². The SMILES string of the molecule is O=C(CN1C(=O)S/C(=C/c2ccccc2[N+](=O)[O-])C1=O)c1ccc([N+](=O)[O-])cc1. The molecule has 2 amide bonds. The normalized spacial score (nSPS) is 15.0. The topological polar surface area (TPSA) is 141 Å². The molecule has 1 aliphatic heterocycles. The minimum absolute atomic E-state index is 0.0409. The van der Waals surface area contributed by atoms with Crippen LogP contribution in [0.3, 0.4) is 0 Å². The number of imide groups is 1. The maximum Gasteiger partial charge on any atom is 0.293 e. The van der Waals surface area contributed by atoms with E-state index in [0.29, 0.717) is 11.8 Å². The molecular weight excluding hydrogens is 402 g/mol. The van der Waals surface area contributed by atoms with Crippen molar-refractivity contribution in [1.82, 2.24) is 4.90 Å². The van der Waals surface area contributed by atoms with Crippen LogP contribution in [0.25, 0.3) is 6.08 Å². The van der Waals surface area contributed by atoms with Gasteiger partial charge in [0.1, 0.15) is 0 Å². The lowest BCUT2D eigenvalue weighted by molar-refractivity contribution is -0.385. The zero-order valence-electron chi connectivity index (χ0n) is 14.5. The predicted octanol–water partition coefficient (Wildman–Crippen LogP) is 3.42. The van der Waals surface area contributed by atoms with Gasteiger partial charge in [0, 0.05) is 23.8 Å². The summed E-state index contributed by atoms with van der Waals surface area (Å²) in [5.74, 6) is -1.32. The molecule has 2 aromatic rings. The van der Waals surface area contributed by atoms with Crippen molar-refractivity contribution in [3.63, 3.8) is 0 Å². The molecule has 2 aromatic carbocycles. The van der Waals surface area contributed by atoms with Crippen molar-refractivity contribution in [2.45, 2.75) is 0 Å². The number of thioether (sulfide) groups is 1. The van der Waals surface area contributed by atoms with E-state index in [1.54, 1.807) is 6.07 Å². The minimum atomic E-state index is -0.742.